The summed E-state index contributed by atoms with van der Waals surface area (Å²) in [6.45, 7) is 0.387. The van der Waals surface area contributed by atoms with Gasteiger partial charge in [0.25, 0.3) is 0 Å². The van der Waals surface area contributed by atoms with E-state index in [1.165, 1.54) is 24.3 Å². The van der Waals surface area contributed by atoms with Crippen LogP contribution in [0.25, 0.3) is 0 Å². The first kappa shape index (κ1) is 18.0. The lowest BCUT2D eigenvalue weighted by Gasteiger charge is -2.13. The van der Waals surface area contributed by atoms with Gasteiger partial charge in [-0.1, -0.05) is 42.5 Å². The van der Waals surface area contributed by atoms with E-state index in [0.717, 1.165) is 5.56 Å². The minimum Gasteiger partial charge on any atom is -0.487 e. The van der Waals surface area contributed by atoms with E-state index in [0.29, 0.717) is 23.7 Å². The monoisotopic (exact) mass is 362 g/mol. The summed E-state index contributed by atoms with van der Waals surface area (Å²) in [5.74, 6) is -0.465. The van der Waals surface area contributed by atoms with Crippen LogP contribution in [-0.4, -0.2) is 17.1 Å². The predicted molar refractivity (Wildman–Crippen MR) is 103 cm³/mol. The number of benzene rings is 3. The minimum absolute atomic E-state index is 0.153. The molecule has 0 saturated heterocycles. The maximum Gasteiger partial charge on any atom is 0.335 e. The van der Waals surface area contributed by atoms with E-state index in [1.807, 2.05) is 36.4 Å². The van der Waals surface area contributed by atoms with Gasteiger partial charge in [-0.25, -0.2) is 9.59 Å². The van der Waals surface area contributed by atoms with Crippen LogP contribution in [0.4, 0.5) is 16.2 Å². The zero-order valence-electron chi connectivity index (χ0n) is 14.4. The van der Waals surface area contributed by atoms with Gasteiger partial charge in [0.2, 0.25) is 0 Å². The molecule has 0 fully saturated rings. The maximum atomic E-state index is 12.2. The lowest BCUT2D eigenvalue weighted by Crippen LogP contribution is -2.20. The van der Waals surface area contributed by atoms with Gasteiger partial charge in [-0.05, 0) is 42.0 Å². The Hall–Kier alpha value is -3.80. The number of hydrogen-bond acceptors (Lipinski definition) is 3. The highest BCUT2D eigenvalue weighted by atomic mass is 16.5. The van der Waals surface area contributed by atoms with Gasteiger partial charge >= 0.3 is 12.0 Å². The summed E-state index contributed by atoms with van der Waals surface area (Å²) < 4.78 is 5.81. The third kappa shape index (κ3) is 5.09. The summed E-state index contributed by atoms with van der Waals surface area (Å²) in [5.41, 5.74) is 2.20. The summed E-state index contributed by atoms with van der Waals surface area (Å²) >= 11 is 0. The number of carbonyl (C=O) groups excluding carboxylic acids is 1. The topological polar surface area (TPSA) is 87.7 Å². The zero-order valence-corrected chi connectivity index (χ0v) is 14.4. The second-order valence-electron chi connectivity index (χ2n) is 5.73. The molecule has 3 rings (SSSR count). The molecule has 0 bridgehead atoms. The lowest BCUT2D eigenvalue weighted by atomic mass is 10.2. The smallest absolute Gasteiger partial charge is 0.335 e. The van der Waals surface area contributed by atoms with E-state index in [4.69, 9.17) is 9.84 Å². The van der Waals surface area contributed by atoms with E-state index in [2.05, 4.69) is 10.6 Å². The standard InChI is InChI=1S/C21H18N2O4/c24-20(25)16-10-12-17(13-11-16)22-21(26)23-18-8-4-5-9-19(18)27-14-15-6-2-1-3-7-15/h1-13H,14H2,(H,24,25)(H2,22,23,26). The molecular formula is C21H18N2O4. The number of aromatic carboxylic acids is 1. The Labute approximate surface area is 156 Å². The van der Waals surface area contributed by atoms with Crippen molar-refractivity contribution in [1.29, 1.82) is 0 Å². The number of ether oxygens (including phenoxy) is 1. The van der Waals surface area contributed by atoms with E-state index in [-0.39, 0.29) is 5.56 Å². The number of carboxylic acid groups (broad SMARTS) is 1. The van der Waals surface area contributed by atoms with Crippen LogP contribution in [0, 0.1) is 0 Å². The highest BCUT2D eigenvalue weighted by Gasteiger charge is 2.09. The van der Waals surface area contributed by atoms with E-state index < -0.39 is 12.0 Å². The summed E-state index contributed by atoms with van der Waals surface area (Å²) in [4.78, 5) is 23.1. The number of carbonyl (C=O) groups is 2. The Bertz CT molecular complexity index is 924. The maximum absolute atomic E-state index is 12.2. The number of nitrogens with one attached hydrogen (secondary N) is 2. The van der Waals surface area contributed by atoms with Crippen LogP contribution >= 0.6 is 0 Å². The molecule has 3 aromatic rings. The van der Waals surface area contributed by atoms with Crippen molar-refractivity contribution in [3.8, 4) is 5.75 Å². The summed E-state index contributed by atoms with van der Waals surface area (Å²) in [7, 11) is 0. The summed E-state index contributed by atoms with van der Waals surface area (Å²) in [6.07, 6.45) is 0. The lowest BCUT2D eigenvalue weighted by molar-refractivity contribution is 0.0697. The Morgan fingerprint density at radius 2 is 1.48 bits per heavy atom. The quantitative estimate of drug-likeness (QED) is 0.598. The van der Waals surface area contributed by atoms with Crippen LogP contribution in [0.2, 0.25) is 0 Å². The van der Waals surface area contributed by atoms with Crippen LogP contribution in [-0.2, 0) is 6.61 Å². The van der Waals surface area contributed by atoms with Gasteiger partial charge in [-0.2, -0.15) is 0 Å². The van der Waals surface area contributed by atoms with Crippen LogP contribution in [0.3, 0.4) is 0 Å². The molecule has 0 spiro atoms. The number of carboxylic acids is 1. The molecule has 0 aliphatic rings. The molecule has 3 aromatic carbocycles. The molecule has 0 heterocycles. The van der Waals surface area contributed by atoms with Gasteiger partial charge in [0, 0.05) is 5.69 Å². The van der Waals surface area contributed by atoms with Crippen LogP contribution < -0.4 is 15.4 Å². The molecule has 27 heavy (non-hydrogen) atoms. The highest BCUT2D eigenvalue weighted by Crippen LogP contribution is 2.25. The fraction of sp³-hybridized carbons (Fsp3) is 0.0476. The fourth-order valence-corrected chi connectivity index (χ4v) is 2.41. The van der Waals surface area contributed by atoms with Gasteiger partial charge < -0.3 is 20.5 Å². The number of anilines is 2. The molecule has 2 amide bonds. The normalized spacial score (nSPS) is 10.1. The average molecular weight is 362 g/mol. The first-order valence-electron chi connectivity index (χ1n) is 8.29. The molecular weight excluding hydrogens is 344 g/mol. The highest BCUT2D eigenvalue weighted by molar-refractivity contribution is 6.01. The minimum atomic E-state index is -1.02. The van der Waals surface area contributed by atoms with Crippen molar-refractivity contribution in [2.45, 2.75) is 6.61 Å². The molecule has 0 radical (unpaired) electrons. The molecule has 0 unspecified atom stereocenters. The molecule has 136 valence electrons. The van der Waals surface area contributed by atoms with E-state index in [1.54, 1.807) is 18.2 Å². The Kier molecular flexibility index (Phi) is 5.69. The number of urea groups is 1. The third-order valence-electron chi connectivity index (χ3n) is 3.76. The Morgan fingerprint density at radius 3 is 2.19 bits per heavy atom. The number of amides is 2. The molecule has 0 aliphatic heterocycles. The first-order chi connectivity index (χ1) is 13.1. The third-order valence-corrected chi connectivity index (χ3v) is 3.76. The van der Waals surface area contributed by atoms with Crippen LogP contribution in [0.1, 0.15) is 15.9 Å². The van der Waals surface area contributed by atoms with Crippen molar-refractivity contribution < 1.29 is 19.4 Å². The average Bonchev–Trinajstić information content (AvgIpc) is 2.68. The zero-order chi connectivity index (χ0) is 19.1. The molecule has 6 heteroatoms. The fourth-order valence-electron chi connectivity index (χ4n) is 2.41. The van der Waals surface area contributed by atoms with Crippen molar-refractivity contribution in [3.63, 3.8) is 0 Å². The summed E-state index contributed by atoms with van der Waals surface area (Å²) in [5, 5.41) is 14.3. The van der Waals surface area contributed by atoms with Gasteiger partial charge in [0.05, 0.1) is 11.3 Å². The van der Waals surface area contributed by atoms with Crippen molar-refractivity contribution in [2.75, 3.05) is 10.6 Å². The molecule has 0 aliphatic carbocycles. The molecule has 0 atom stereocenters. The second kappa shape index (κ2) is 8.53. The van der Waals surface area contributed by atoms with Crippen molar-refractivity contribution in [2.24, 2.45) is 0 Å². The number of hydrogen-bond donors (Lipinski definition) is 3. The van der Waals surface area contributed by atoms with Crippen molar-refractivity contribution >= 4 is 23.4 Å². The van der Waals surface area contributed by atoms with Crippen LogP contribution in [0.15, 0.2) is 78.9 Å². The largest absolute Gasteiger partial charge is 0.487 e. The van der Waals surface area contributed by atoms with E-state index >= 15 is 0 Å². The number of para-hydroxylation sites is 2. The van der Waals surface area contributed by atoms with Gasteiger partial charge in [-0.3, -0.25) is 0 Å². The molecule has 0 saturated carbocycles. The molecule has 3 N–H and O–H groups in total. The summed E-state index contributed by atoms with van der Waals surface area (Å²) in [6, 6.07) is 22.3. The van der Waals surface area contributed by atoms with Crippen LogP contribution in [0.5, 0.6) is 5.75 Å². The predicted octanol–water partition coefficient (Wildman–Crippen LogP) is 4.61. The Balaban J connectivity index is 1.63. The molecule has 6 nitrogen and oxygen atoms in total. The van der Waals surface area contributed by atoms with Gasteiger partial charge in [-0.15, -0.1) is 0 Å². The second-order valence-corrected chi connectivity index (χ2v) is 5.73. The number of rotatable bonds is 6. The molecule has 0 aromatic heterocycles. The SMILES string of the molecule is O=C(Nc1ccc(C(=O)O)cc1)Nc1ccccc1OCc1ccccc1. The first-order valence-corrected chi connectivity index (χ1v) is 8.29. The van der Waals surface area contributed by atoms with Gasteiger partial charge in [0.15, 0.2) is 0 Å². The van der Waals surface area contributed by atoms with Crippen molar-refractivity contribution in [3.05, 3.63) is 90.0 Å². The van der Waals surface area contributed by atoms with Gasteiger partial charge in [0.1, 0.15) is 12.4 Å². The Morgan fingerprint density at radius 1 is 0.815 bits per heavy atom. The van der Waals surface area contributed by atoms with E-state index in [9.17, 15) is 9.59 Å². The van der Waals surface area contributed by atoms with Crippen molar-refractivity contribution in [1.82, 2.24) is 0 Å².